The van der Waals surface area contributed by atoms with Crippen molar-refractivity contribution in [3.63, 3.8) is 0 Å². The molecule has 1 heterocycles. The van der Waals surface area contributed by atoms with E-state index in [-0.39, 0.29) is 0 Å². The van der Waals surface area contributed by atoms with Crippen molar-refractivity contribution < 1.29 is 9.47 Å². The lowest BCUT2D eigenvalue weighted by Gasteiger charge is -2.11. The number of pyridine rings is 1. The monoisotopic (exact) mass is 224 g/mol. The van der Waals surface area contributed by atoms with Gasteiger partial charge in [0.2, 0.25) is 0 Å². The van der Waals surface area contributed by atoms with Crippen LogP contribution in [0.1, 0.15) is 18.5 Å². The van der Waals surface area contributed by atoms with Gasteiger partial charge in [0.25, 0.3) is 0 Å². The lowest BCUT2D eigenvalue weighted by atomic mass is 10.3. The first kappa shape index (κ1) is 12.8. The number of unbranched alkanes of at least 4 members (excludes halogenated alkanes) is 1. The Morgan fingerprint density at radius 3 is 2.81 bits per heavy atom. The minimum absolute atomic E-state index is 0.789. The number of hydrogen-bond donors (Lipinski definition) is 1. The van der Waals surface area contributed by atoms with Gasteiger partial charge in [-0.3, -0.25) is 4.98 Å². The summed E-state index contributed by atoms with van der Waals surface area (Å²) in [7, 11) is 3.38. The van der Waals surface area contributed by atoms with Gasteiger partial charge in [0.1, 0.15) is 0 Å². The Kier molecular flexibility index (Phi) is 5.64. The minimum atomic E-state index is 0.789. The van der Waals surface area contributed by atoms with E-state index < -0.39 is 0 Å². The molecule has 1 N–H and O–H groups in total. The van der Waals surface area contributed by atoms with E-state index in [0.29, 0.717) is 0 Å². The third kappa shape index (κ3) is 4.06. The molecular formula is C12H20N2O2. The summed E-state index contributed by atoms with van der Waals surface area (Å²) in [5, 5.41) is 3.34. The molecule has 0 saturated carbocycles. The smallest absolute Gasteiger partial charge is 0.160 e. The second kappa shape index (κ2) is 7.06. The Balaban J connectivity index is 2.42. The van der Waals surface area contributed by atoms with Gasteiger partial charge in [-0.25, -0.2) is 0 Å². The molecule has 0 aliphatic heterocycles. The fourth-order valence-electron chi connectivity index (χ4n) is 1.44. The molecule has 0 radical (unpaired) electrons. The van der Waals surface area contributed by atoms with Gasteiger partial charge in [-0.05, 0) is 25.8 Å². The van der Waals surface area contributed by atoms with Crippen LogP contribution < -0.4 is 10.1 Å². The van der Waals surface area contributed by atoms with Gasteiger partial charge in [0, 0.05) is 26.0 Å². The number of anilines is 1. The fourth-order valence-corrected chi connectivity index (χ4v) is 1.44. The molecule has 0 aromatic carbocycles. The number of aromatic nitrogens is 1. The molecule has 0 unspecified atom stereocenters. The highest BCUT2D eigenvalue weighted by molar-refractivity contribution is 5.55. The molecule has 0 bridgehead atoms. The number of nitrogens with one attached hydrogen (secondary N) is 1. The third-order valence-electron chi connectivity index (χ3n) is 2.31. The average molecular weight is 224 g/mol. The molecular weight excluding hydrogens is 204 g/mol. The second-order valence-corrected chi connectivity index (χ2v) is 3.65. The lowest BCUT2D eigenvalue weighted by Crippen LogP contribution is -2.05. The second-order valence-electron chi connectivity index (χ2n) is 3.65. The van der Waals surface area contributed by atoms with Crippen molar-refractivity contribution in [2.45, 2.75) is 19.8 Å². The highest BCUT2D eigenvalue weighted by atomic mass is 16.5. The topological polar surface area (TPSA) is 43.4 Å². The van der Waals surface area contributed by atoms with E-state index in [1.165, 1.54) is 0 Å². The van der Waals surface area contributed by atoms with Crippen molar-refractivity contribution in [2.24, 2.45) is 0 Å². The molecule has 0 fully saturated rings. The zero-order valence-electron chi connectivity index (χ0n) is 10.2. The molecule has 4 nitrogen and oxygen atoms in total. The molecule has 0 amide bonds. The molecule has 1 aromatic heterocycles. The summed E-state index contributed by atoms with van der Waals surface area (Å²) in [4.78, 5) is 4.18. The van der Waals surface area contributed by atoms with E-state index in [9.17, 15) is 0 Å². The van der Waals surface area contributed by atoms with Crippen molar-refractivity contribution in [2.75, 3.05) is 32.7 Å². The van der Waals surface area contributed by atoms with E-state index in [1.807, 2.05) is 13.0 Å². The van der Waals surface area contributed by atoms with E-state index in [1.54, 1.807) is 20.4 Å². The maximum Gasteiger partial charge on any atom is 0.160 e. The molecule has 0 aliphatic rings. The Hall–Kier alpha value is -1.29. The molecule has 0 spiro atoms. The molecule has 0 aliphatic carbocycles. The molecule has 4 heteroatoms. The fraction of sp³-hybridized carbons (Fsp3) is 0.583. The quantitative estimate of drug-likeness (QED) is 0.721. The van der Waals surface area contributed by atoms with Crippen LogP contribution in [0.2, 0.25) is 0 Å². The zero-order chi connectivity index (χ0) is 11.8. The number of methoxy groups -OCH3 is 2. The van der Waals surface area contributed by atoms with Gasteiger partial charge in [0.05, 0.1) is 19.0 Å². The van der Waals surface area contributed by atoms with Gasteiger partial charge >= 0.3 is 0 Å². The highest BCUT2D eigenvalue weighted by Crippen LogP contribution is 2.23. The average Bonchev–Trinajstić information content (AvgIpc) is 2.29. The number of hydrogen-bond acceptors (Lipinski definition) is 4. The summed E-state index contributed by atoms with van der Waals surface area (Å²) < 4.78 is 10.2. The van der Waals surface area contributed by atoms with E-state index >= 15 is 0 Å². The summed E-state index contributed by atoms with van der Waals surface area (Å²) in [5.41, 5.74) is 1.99. The zero-order valence-corrected chi connectivity index (χ0v) is 10.2. The maximum atomic E-state index is 5.23. The minimum Gasteiger partial charge on any atom is -0.493 e. The first-order chi connectivity index (χ1) is 7.77. The number of nitrogens with zero attached hydrogens (tertiary/aromatic N) is 1. The van der Waals surface area contributed by atoms with Gasteiger partial charge in [-0.2, -0.15) is 0 Å². The largest absolute Gasteiger partial charge is 0.493 e. The van der Waals surface area contributed by atoms with Crippen molar-refractivity contribution in [1.82, 2.24) is 4.98 Å². The van der Waals surface area contributed by atoms with Gasteiger partial charge in [0.15, 0.2) is 5.75 Å². The summed E-state index contributed by atoms with van der Waals surface area (Å²) in [6.45, 7) is 3.70. The van der Waals surface area contributed by atoms with Crippen LogP contribution in [0.5, 0.6) is 5.75 Å². The predicted octanol–water partition coefficient (Wildman–Crippen LogP) is 2.24. The number of ether oxygens (including phenoxy) is 2. The van der Waals surface area contributed by atoms with Crippen LogP contribution in [0.4, 0.5) is 5.69 Å². The normalized spacial score (nSPS) is 10.2. The maximum absolute atomic E-state index is 5.23. The molecule has 1 aromatic rings. The number of rotatable bonds is 7. The van der Waals surface area contributed by atoms with Gasteiger partial charge < -0.3 is 14.8 Å². The third-order valence-corrected chi connectivity index (χ3v) is 2.31. The Morgan fingerprint density at radius 2 is 2.12 bits per heavy atom. The van der Waals surface area contributed by atoms with Crippen LogP contribution in [-0.4, -0.2) is 32.4 Å². The highest BCUT2D eigenvalue weighted by Gasteiger charge is 2.02. The lowest BCUT2D eigenvalue weighted by molar-refractivity contribution is 0.194. The van der Waals surface area contributed by atoms with Crippen molar-refractivity contribution in [3.8, 4) is 5.75 Å². The van der Waals surface area contributed by atoms with Crippen molar-refractivity contribution in [1.29, 1.82) is 0 Å². The van der Waals surface area contributed by atoms with Crippen LogP contribution in [0.3, 0.4) is 0 Å². The summed E-state index contributed by atoms with van der Waals surface area (Å²) in [6.07, 6.45) is 3.89. The predicted molar refractivity (Wildman–Crippen MR) is 65.1 cm³/mol. The molecule has 1 rings (SSSR count). The summed E-state index contributed by atoms with van der Waals surface area (Å²) >= 11 is 0. The number of aryl methyl sites for hydroxylation is 1. The molecule has 0 saturated heterocycles. The SMILES string of the molecule is COCCCCNc1cc(C)ncc1OC. The van der Waals surface area contributed by atoms with Crippen molar-refractivity contribution in [3.05, 3.63) is 18.0 Å². The van der Waals surface area contributed by atoms with Crippen LogP contribution in [0, 0.1) is 6.92 Å². The van der Waals surface area contributed by atoms with E-state index in [4.69, 9.17) is 9.47 Å². The summed E-state index contributed by atoms with van der Waals surface area (Å²) in [6, 6.07) is 2.00. The molecule has 90 valence electrons. The molecule has 0 atom stereocenters. The first-order valence-corrected chi connectivity index (χ1v) is 5.51. The molecule has 16 heavy (non-hydrogen) atoms. The van der Waals surface area contributed by atoms with Crippen LogP contribution in [0.15, 0.2) is 12.3 Å². The standard InChI is InChI=1S/C12H20N2O2/c1-10-8-11(12(16-3)9-14-10)13-6-4-5-7-15-2/h8-9H,4-7H2,1-3H3,(H,13,14). The van der Waals surface area contributed by atoms with Crippen molar-refractivity contribution >= 4 is 5.69 Å². The Bertz CT molecular complexity index is 316. The Labute approximate surface area is 97.0 Å². The van der Waals surface area contributed by atoms with Crippen LogP contribution in [-0.2, 0) is 4.74 Å². The van der Waals surface area contributed by atoms with Crippen LogP contribution in [0.25, 0.3) is 0 Å². The van der Waals surface area contributed by atoms with Gasteiger partial charge in [-0.1, -0.05) is 0 Å². The van der Waals surface area contributed by atoms with E-state index in [0.717, 1.165) is 43.1 Å². The van der Waals surface area contributed by atoms with E-state index in [2.05, 4.69) is 10.3 Å². The van der Waals surface area contributed by atoms with Crippen LogP contribution >= 0.6 is 0 Å². The van der Waals surface area contributed by atoms with Gasteiger partial charge in [-0.15, -0.1) is 0 Å². The Morgan fingerprint density at radius 1 is 1.31 bits per heavy atom. The first-order valence-electron chi connectivity index (χ1n) is 5.51. The summed E-state index contributed by atoms with van der Waals surface area (Å²) in [5.74, 6) is 0.789.